The largest absolute Gasteiger partial charge is 0.374 e. The molecule has 0 aliphatic carbocycles. The maximum Gasteiger partial charge on any atom is 0.264 e. The third-order valence-corrected chi connectivity index (χ3v) is 2.70. The highest BCUT2D eigenvalue weighted by Gasteiger charge is 2.23. The van der Waals surface area contributed by atoms with E-state index in [4.69, 9.17) is 9.63 Å². The lowest BCUT2D eigenvalue weighted by atomic mass is 10.2. The van der Waals surface area contributed by atoms with Crippen LogP contribution in [0, 0.1) is 0 Å². The van der Waals surface area contributed by atoms with Gasteiger partial charge in [-0.3, -0.25) is 4.57 Å². The quantitative estimate of drug-likeness (QED) is 0.655. The van der Waals surface area contributed by atoms with Crippen LogP contribution < -0.4 is 5.09 Å². The SMILES string of the molecule is C[C@H]1CC[C@@H](CNP(C)(=O)O)O1. The van der Waals surface area contributed by atoms with Crippen LogP contribution in [0.5, 0.6) is 0 Å². The van der Waals surface area contributed by atoms with Gasteiger partial charge in [-0.15, -0.1) is 0 Å². The van der Waals surface area contributed by atoms with Gasteiger partial charge in [0.1, 0.15) is 0 Å². The van der Waals surface area contributed by atoms with Crippen LogP contribution in [-0.4, -0.2) is 30.3 Å². The highest BCUT2D eigenvalue weighted by molar-refractivity contribution is 7.54. The summed E-state index contributed by atoms with van der Waals surface area (Å²) < 4.78 is 16.3. The van der Waals surface area contributed by atoms with Gasteiger partial charge in [-0.05, 0) is 19.8 Å². The summed E-state index contributed by atoms with van der Waals surface area (Å²) in [6.45, 7) is 3.80. The van der Waals surface area contributed by atoms with Gasteiger partial charge < -0.3 is 9.63 Å². The molecule has 1 unspecified atom stereocenters. The molecule has 1 fully saturated rings. The Morgan fingerprint density at radius 2 is 2.33 bits per heavy atom. The highest BCUT2D eigenvalue weighted by Crippen LogP contribution is 2.29. The van der Waals surface area contributed by atoms with Crippen molar-refractivity contribution in [3.63, 3.8) is 0 Å². The zero-order valence-corrected chi connectivity index (χ0v) is 8.38. The van der Waals surface area contributed by atoms with Gasteiger partial charge in [0.15, 0.2) is 0 Å². The van der Waals surface area contributed by atoms with Gasteiger partial charge in [0.25, 0.3) is 7.52 Å². The van der Waals surface area contributed by atoms with E-state index in [2.05, 4.69) is 5.09 Å². The van der Waals surface area contributed by atoms with Crippen molar-refractivity contribution in [1.82, 2.24) is 5.09 Å². The molecule has 0 aromatic rings. The minimum atomic E-state index is -3.07. The minimum Gasteiger partial charge on any atom is -0.374 e. The number of nitrogens with one attached hydrogen (secondary N) is 1. The Balaban J connectivity index is 2.21. The summed E-state index contributed by atoms with van der Waals surface area (Å²) in [7, 11) is -3.07. The molecule has 0 bridgehead atoms. The Kier molecular flexibility index (Phi) is 3.29. The van der Waals surface area contributed by atoms with Crippen LogP contribution >= 0.6 is 7.52 Å². The standard InChI is InChI=1S/C7H16NO3P/c1-6-3-4-7(11-6)5-8-12(2,9)10/h6-7H,3-5H2,1-2H3,(H2,8,9,10)/t6-,7-/m0/s1. The Hall–Kier alpha value is 0.110. The van der Waals surface area contributed by atoms with Crippen molar-refractivity contribution in [1.29, 1.82) is 0 Å². The van der Waals surface area contributed by atoms with Crippen LogP contribution in [-0.2, 0) is 9.30 Å². The topological polar surface area (TPSA) is 58.6 Å². The number of hydrogen-bond acceptors (Lipinski definition) is 2. The first-order valence-electron chi connectivity index (χ1n) is 4.18. The van der Waals surface area contributed by atoms with Crippen LogP contribution in [0.3, 0.4) is 0 Å². The second kappa shape index (κ2) is 3.88. The molecule has 4 nitrogen and oxygen atoms in total. The molecule has 0 radical (unpaired) electrons. The molecule has 1 rings (SSSR count). The van der Waals surface area contributed by atoms with E-state index in [0.29, 0.717) is 12.6 Å². The minimum absolute atomic E-state index is 0.112. The third kappa shape index (κ3) is 3.68. The number of rotatable bonds is 3. The van der Waals surface area contributed by atoms with E-state index in [1.54, 1.807) is 0 Å². The van der Waals surface area contributed by atoms with E-state index in [0.717, 1.165) is 12.8 Å². The molecule has 0 aromatic carbocycles. The van der Waals surface area contributed by atoms with Gasteiger partial charge in [-0.2, -0.15) is 0 Å². The highest BCUT2D eigenvalue weighted by atomic mass is 31.2. The molecule has 5 heteroatoms. The lowest BCUT2D eigenvalue weighted by molar-refractivity contribution is 0.0587. The van der Waals surface area contributed by atoms with Gasteiger partial charge in [0, 0.05) is 13.2 Å². The molecule has 0 aromatic heterocycles. The van der Waals surface area contributed by atoms with Crippen LogP contribution in [0.2, 0.25) is 0 Å². The molecule has 1 aliphatic rings. The lowest BCUT2D eigenvalue weighted by Gasteiger charge is -2.13. The monoisotopic (exact) mass is 193 g/mol. The van der Waals surface area contributed by atoms with Gasteiger partial charge in [-0.1, -0.05) is 0 Å². The third-order valence-electron chi connectivity index (χ3n) is 1.93. The molecular weight excluding hydrogens is 177 g/mol. The molecule has 1 aliphatic heterocycles. The summed E-state index contributed by atoms with van der Waals surface area (Å²) in [6.07, 6.45) is 2.44. The van der Waals surface area contributed by atoms with Crippen LogP contribution in [0.25, 0.3) is 0 Å². The summed E-state index contributed by atoms with van der Waals surface area (Å²) in [4.78, 5) is 8.93. The summed E-state index contributed by atoms with van der Waals surface area (Å²) in [6, 6.07) is 0. The van der Waals surface area contributed by atoms with Crippen molar-refractivity contribution in [3.05, 3.63) is 0 Å². The fraction of sp³-hybridized carbons (Fsp3) is 1.00. The van der Waals surface area contributed by atoms with E-state index in [9.17, 15) is 4.57 Å². The first kappa shape index (κ1) is 10.2. The van der Waals surface area contributed by atoms with Crippen LogP contribution in [0.1, 0.15) is 19.8 Å². The van der Waals surface area contributed by atoms with Crippen molar-refractivity contribution in [2.45, 2.75) is 32.0 Å². The second-order valence-corrected chi connectivity index (χ2v) is 5.46. The fourth-order valence-electron chi connectivity index (χ4n) is 1.31. The summed E-state index contributed by atoms with van der Waals surface area (Å²) >= 11 is 0. The Morgan fingerprint density at radius 1 is 1.67 bits per heavy atom. The Labute approximate surface area is 72.8 Å². The predicted molar refractivity (Wildman–Crippen MR) is 47.3 cm³/mol. The van der Waals surface area contributed by atoms with E-state index in [-0.39, 0.29) is 6.10 Å². The van der Waals surface area contributed by atoms with E-state index < -0.39 is 7.52 Å². The summed E-state index contributed by atoms with van der Waals surface area (Å²) in [5, 5.41) is 2.57. The number of hydrogen-bond donors (Lipinski definition) is 2. The maximum absolute atomic E-state index is 10.8. The van der Waals surface area contributed by atoms with Crippen molar-refractivity contribution in [2.24, 2.45) is 0 Å². The molecule has 12 heavy (non-hydrogen) atoms. The molecule has 0 spiro atoms. The van der Waals surface area contributed by atoms with Gasteiger partial charge in [-0.25, -0.2) is 5.09 Å². The molecule has 72 valence electrons. The fourth-order valence-corrected chi connectivity index (χ4v) is 1.85. The zero-order chi connectivity index (χ0) is 9.19. The van der Waals surface area contributed by atoms with Crippen molar-refractivity contribution >= 4 is 7.52 Å². The van der Waals surface area contributed by atoms with Gasteiger partial charge >= 0.3 is 0 Å². The van der Waals surface area contributed by atoms with Gasteiger partial charge in [0.05, 0.1) is 12.2 Å². The Bertz CT molecular complexity index is 191. The first-order valence-corrected chi connectivity index (χ1v) is 6.29. The molecule has 1 saturated heterocycles. The number of ether oxygens (including phenoxy) is 1. The molecule has 3 atom stereocenters. The molecule has 2 N–H and O–H groups in total. The average Bonchev–Trinajstić information content (AvgIpc) is 2.30. The van der Waals surface area contributed by atoms with E-state index >= 15 is 0 Å². The van der Waals surface area contributed by atoms with Crippen LogP contribution in [0.15, 0.2) is 0 Å². The van der Waals surface area contributed by atoms with Crippen molar-refractivity contribution in [2.75, 3.05) is 13.2 Å². The normalized spacial score (nSPS) is 34.9. The predicted octanol–water partition coefficient (Wildman–Crippen LogP) is 0.959. The summed E-state index contributed by atoms with van der Waals surface area (Å²) in [5.41, 5.74) is 0. The van der Waals surface area contributed by atoms with Crippen molar-refractivity contribution in [3.8, 4) is 0 Å². The molecule has 1 heterocycles. The molecular formula is C7H16NO3P. The Morgan fingerprint density at radius 3 is 2.75 bits per heavy atom. The first-order chi connectivity index (χ1) is 5.47. The maximum atomic E-state index is 10.8. The van der Waals surface area contributed by atoms with Gasteiger partial charge in [0.2, 0.25) is 0 Å². The smallest absolute Gasteiger partial charge is 0.264 e. The zero-order valence-electron chi connectivity index (χ0n) is 7.49. The summed E-state index contributed by atoms with van der Waals surface area (Å²) in [5.74, 6) is 0. The van der Waals surface area contributed by atoms with E-state index in [1.807, 2.05) is 6.92 Å². The second-order valence-electron chi connectivity index (χ2n) is 3.39. The van der Waals surface area contributed by atoms with Crippen molar-refractivity contribution < 1.29 is 14.2 Å². The lowest BCUT2D eigenvalue weighted by Crippen LogP contribution is -2.24. The molecule has 0 saturated carbocycles. The van der Waals surface area contributed by atoms with Crippen LogP contribution in [0.4, 0.5) is 0 Å². The van der Waals surface area contributed by atoms with E-state index in [1.165, 1.54) is 6.66 Å². The average molecular weight is 193 g/mol. The molecule has 0 amide bonds.